The Morgan fingerprint density at radius 3 is 2.52 bits per heavy atom. The molecule has 1 N–H and O–H groups in total. The smallest absolute Gasteiger partial charge is 0.308 e. The first-order chi connectivity index (χ1) is 10.2. The van der Waals surface area contributed by atoms with Crippen LogP contribution >= 0.6 is 0 Å². The molecule has 0 aromatic heterocycles. The zero-order chi connectivity index (χ0) is 15.1. The molecule has 0 heterocycles. The van der Waals surface area contributed by atoms with E-state index in [1.54, 1.807) is 0 Å². The molecule has 1 fully saturated rings. The third-order valence-electron chi connectivity index (χ3n) is 4.03. The van der Waals surface area contributed by atoms with Crippen LogP contribution in [-0.4, -0.2) is 18.6 Å². The largest absolute Gasteiger partial charge is 0.466 e. The van der Waals surface area contributed by atoms with E-state index in [4.69, 9.17) is 10.00 Å². The van der Waals surface area contributed by atoms with Crippen LogP contribution in [0.1, 0.15) is 43.7 Å². The molecule has 112 valence electrons. The summed E-state index contributed by atoms with van der Waals surface area (Å²) in [7, 11) is 0. The Labute approximate surface area is 126 Å². The molecule has 0 saturated heterocycles. The fourth-order valence-electron chi connectivity index (χ4n) is 2.75. The van der Waals surface area contributed by atoms with Crippen molar-refractivity contribution < 1.29 is 9.53 Å². The first-order valence-corrected chi connectivity index (χ1v) is 7.62. The lowest BCUT2D eigenvalue weighted by Crippen LogP contribution is -2.35. The minimum Gasteiger partial charge on any atom is -0.466 e. The van der Waals surface area contributed by atoms with Crippen molar-refractivity contribution in [3.8, 4) is 6.07 Å². The van der Waals surface area contributed by atoms with Crippen molar-refractivity contribution in [3.63, 3.8) is 0 Å². The molecular weight excluding hydrogens is 264 g/mol. The summed E-state index contributed by atoms with van der Waals surface area (Å²) >= 11 is 0. The van der Waals surface area contributed by atoms with Crippen molar-refractivity contribution in [3.05, 3.63) is 35.4 Å². The standard InChI is InChI=1S/C17H22N2O2/c1-2-21-17(20)15-7-9-16(10-8-15)19-12-14-5-3-13(11-18)4-6-14/h3-6,15-16,19H,2,7-10,12H2,1H3. The fraction of sp³-hybridized carbons (Fsp3) is 0.529. The maximum absolute atomic E-state index is 11.7. The van der Waals surface area contributed by atoms with E-state index in [1.807, 2.05) is 31.2 Å². The summed E-state index contributed by atoms with van der Waals surface area (Å²) in [6.07, 6.45) is 3.84. The molecule has 1 aliphatic rings. The number of ether oxygens (including phenoxy) is 1. The molecule has 1 saturated carbocycles. The Bertz CT molecular complexity index is 497. The van der Waals surface area contributed by atoms with Crippen LogP contribution in [0.5, 0.6) is 0 Å². The van der Waals surface area contributed by atoms with E-state index in [-0.39, 0.29) is 11.9 Å². The Kier molecular flexibility index (Phi) is 5.77. The quantitative estimate of drug-likeness (QED) is 0.845. The number of esters is 1. The first kappa shape index (κ1) is 15.5. The topological polar surface area (TPSA) is 62.1 Å². The van der Waals surface area contributed by atoms with Gasteiger partial charge in [0.15, 0.2) is 0 Å². The van der Waals surface area contributed by atoms with Crippen LogP contribution < -0.4 is 5.32 Å². The number of nitrogens with zero attached hydrogens (tertiary/aromatic N) is 1. The summed E-state index contributed by atoms with van der Waals surface area (Å²) in [5.41, 5.74) is 1.87. The minimum atomic E-state index is -0.0388. The molecule has 0 unspecified atom stereocenters. The predicted molar refractivity (Wildman–Crippen MR) is 80.4 cm³/mol. The Morgan fingerprint density at radius 2 is 1.95 bits per heavy atom. The van der Waals surface area contributed by atoms with Gasteiger partial charge in [0.1, 0.15) is 0 Å². The van der Waals surface area contributed by atoms with Gasteiger partial charge in [-0.05, 0) is 50.3 Å². The van der Waals surface area contributed by atoms with Gasteiger partial charge in [-0.15, -0.1) is 0 Å². The van der Waals surface area contributed by atoms with Crippen molar-refractivity contribution >= 4 is 5.97 Å². The van der Waals surface area contributed by atoms with E-state index in [0.29, 0.717) is 18.2 Å². The van der Waals surface area contributed by atoms with Crippen LogP contribution in [0.2, 0.25) is 0 Å². The molecule has 21 heavy (non-hydrogen) atoms. The number of rotatable bonds is 5. The summed E-state index contributed by atoms with van der Waals surface area (Å²) in [6, 6.07) is 10.2. The molecule has 0 spiro atoms. The molecule has 0 bridgehead atoms. The zero-order valence-electron chi connectivity index (χ0n) is 12.5. The van der Waals surface area contributed by atoms with Gasteiger partial charge in [0.2, 0.25) is 0 Å². The van der Waals surface area contributed by atoms with Gasteiger partial charge in [0.25, 0.3) is 0 Å². The van der Waals surface area contributed by atoms with Gasteiger partial charge >= 0.3 is 5.97 Å². The van der Waals surface area contributed by atoms with E-state index < -0.39 is 0 Å². The lowest BCUT2D eigenvalue weighted by atomic mass is 9.86. The molecule has 1 aliphatic carbocycles. The van der Waals surface area contributed by atoms with Crippen molar-refractivity contribution in [2.24, 2.45) is 5.92 Å². The van der Waals surface area contributed by atoms with E-state index in [2.05, 4.69) is 11.4 Å². The Hall–Kier alpha value is -1.86. The van der Waals surface area contributed by atoms with Crippen molar-refractivity contribution in [1.29, 1.82) is 5.26 Å². The fourth-order valence-corrected chi connectivity index (χ4v) is 2.75. The molecule has 1 aromatic carbocycles. The van der Waals surface area contributed by atoms with Crippen LogP contribution in [0, 0.1) is 17.2 Å². The lowest BCUT2D eigenvalue weighted by molar-refractivity contribution is -0.149. The van der Waals surface area contributed by atoms with Crippen LogP contribution in [0.4, 0.5) is 0 Å². The molecular formula is C17H22N2O2. The Morgan fingerprint density at radius 1 is 1.29 bits per heavy atom. The summed E-state index contributed by atoms with van der Waals surface area (Å²) in [5.74, 6) is 0.0426. The second kappa shape index (κ2) is 7.80. The highest BCUT2D eigenvalue weighted by Crippen LogP contribution is 2.25. The Balaban J connectivity index is 1.73. The van der Waals surface area contributed by atoms with Crippen LogP contribution in [0.25, 0.3) is 0 Å². The summed E-state index contributed by atoms with van der Waals surface area (Å²) in [4.78, 5) is 11.7. The van der Waals surface area contributed by atoms with Gasteiger partial charge < -0.3 is 10.1 Å². The third kappa shape index (κ3) is 4.57. The van der Waals surface area contributed by atoms with Gasteiger partial charge in [-0.2, -0.15) is 5.26 Å². The SMILES string of the molecule is CCOC(=O)C1CCC(NCc2ccc(C#N)cc2)CC1. The highest BCUT2D eigenvalue weighted by Gasteiger charge is 2.26. The van der Waals surface area contributed by atoms with Gasteiger partial charge in [-0.25, -0.2) is 0 Å². The van der Waals surface area contributed by atoms with Crippen molar-refractivity contribution in [1.82, 2.24) is 5.32 Å². The molecule has 4 nitrogen and oxygen atoms in total. The normalized spacial score (nSPS) is 21.5. The van der Waals surface area contributed by atoms with Crippen LogP contribution in [0.15, 0.2) is 24.3 Å². The molecule has 4 heteroatoms. The lowest BCUT2D eigenvalue weighted by Gasteiger charge is -2.28. The van der Waals surface area contributed by atoms with Crippen molar-refractivity contribution in [2.45, 2.75) is 45.2 Å². The molecule has 0 amide bonds. The van der Waals surface area contributed by atoms with E-state index in [1.165, 1.54) is 5.56 Å². The number of nitrogens with one attached hydrogen (secondary N) is 1. The number of nitriles is 1. The maximum atomic E-state index is 11.7. The van der Waals surface area contributed by atoms with Gasteiger partial charge in [-0.1, -0.05) is 12.1 Å². The van der Waals surface area contributed by atoms with Gasteiger partial charge in [-0.3, -0.25) is 4.79 Å². The van der Waals surface area contributed by atoms with Crippen LogP contribution in [-0.2, 0) is 16.1 Å². The second-order valence-electron chi connectivity index (χ2n) is 5.49. The number of hydrogen-bond acceptors (Lipinski definition) is 4. The second-order valence-corrected chi connectivity index (χ2v) is 5.49. The summed E-state index contributed by atoms with van der Waals surface area (Å²) in [5, 5.41) is 12.3. The number of benzene rings is 1. The summed E-state index contributed by atoms with van der Waals surface area (Å²) in [6.45, 7) is 3.12. The maximum Gasteiger partial charge on any atom is 0.308 e. The average molecular weight is 286 g/mol. The zero-order valence-corrected chi connectivity index (χ0v) is 12.5. The monoisotopic (exact) mass is 286 g/mol. The summed E-state index contributed by atoms with van der Waals surface area (Å²) < 4.78 is 5.08. The third-order valence-corrected chi connectivity index (χ3v) is 4.03. The molecule has 1 aromatic rings. The number of carbonyl (C=O) groups excluding carboxylic acids is 1. The minimum absolute atomic E-state index is 0.0388. The molecule has 0 aliphatic heterocycles. The molecule has 2 rings (SSSR count). The highest BCUT2D eigenvalue weighted by molar-refractivity contribution is 5.72. The van der Waals surface area contributed by atoms with Gasteiger partial charge in [0, 0.05) is 12.6 Å². The van der Waals surface area contributed by atoms with E-state index in [0.717, 1.165) is 32.2 Å². The molecule has 0 radical (unpaired) electrons. The van der Waals surface area contributed by atoms with Crippen molar-refractivity contribution in [2.75, 3.05) is 6.61 Å². The number of hydrogen-bond donors (Lipinski definition) is 1. The van der Waals surface area contributed by atoms with Gasteiger partial charge in [0.05, 0.1) is 24.2 Å². The van der Waals surface area contributed by atoms with Crippen LogP contribution in [0.3, 0.4) is 0 Å². The van der Waals surface area contributed by atoms with E-state index in [9.17, 15) is 4.79 Å². The van der Waals surface area contributed by atoms with E-state index >= 15 is 0 Å². The first-order valence-electron chi connectivity index (χ1n) is 7.62. The molecule has 0 atom stereocenters. The predicted octanol–water partition coefficient (Wildman–Crippen LogP) is 2.77. The highest BCUT2D eigenvalue weighted by atomic mass is 16.5. The number of carbonyl (C=O) groups is 1. The average Bonchev–Trinajstić information content (AvgIpc) is 2.54.